The van der Waals surface area contributed by atoms with Crippen LogP contribution in [0.2, 0.25) is 0 Å². The van der Waals surface area contributed by atoms with Gasteiger partial charge < -0.3 is 15.2 Å². The maximum Gasteiger partial charge on any atom is 0.257 e. The summed E-state index contributed by atoms with van der Waals surface area (Å²) in [4.78, 5) is 19.0. The van der Waals surface area contributed by atoms with Gasteiger partial charge in [0.2, 0.25) is 0 Å². The molecular weight excluding hydrogens is 280 g/mol. The zero-order valence-corrected chi connectivity index (χ0v) is 13.1. The average Bonchev–Trinajstić information content (AvgIpc) is 2.96. The number of hydrogen-bond donors (Lipinski definition) is 1. The molecule has 1 saturated heterocycles. The first-order chi connectivity index (χ1) is 10.6. The number of hydrogen-bond acceptors (Lipinski definition) is 5. The van der Waals surface area contributed by atoms with Crippen LogP contribution in [0.5, 0.6) is 0 Å². The Morgan fingerprint density at radius 3 is 3.09 bits per heavy atom. The summed E-state index contributed by atoms with van der Waals surface area (Å²) in [6.07, 6.45) is 5.43. The minimum Gasteiger partial charge on any atom is -0.336 e. The number of carbonyl (C=O) groups is 1. The number of rotatable bonds is 3. The van der Waals surface area contributed by atoms with Crippen LogP contribution in [0.15, 0.2) is 16.8 Å². The molecule has 3 heterocycles. The predicted octanol–water partition coefficient (Wildman–Crippen LogP) is 2.13. The average molecular weight is 302 g/mol. The lowest BCUT2D eigenvalue weighted by Gasteiger charge is -2.38. The molecule has 118 valence electrons. The summed E-state index contributed by atoms with van der Waals surface area (Å²) in [5.74, 6) is -0.000321. The second-order valence-electron chi connectivity index (χ2n) is 5.98. The van der Waals surface area contributed by atoms with E-state index in [9.17, 15) is 4.79 Å². The first-order valence-corrected chi connectivity index (χ1v) is 7.92. The van der Waals surface area contributed by atoms with Crippen LogP contribution < -0.4 is 5.73 Å². The predicted molar refractivity (Wildman–Crippen MR) is 83.5 cm³/mol. The van der Waals surface area contributed by atoms with Gasteiger partial charge in [0.15, 0.2) is 0 Å². The molecule has 1 aliphatic heterocycles. The molecule has 0 saturated carbocycles. The van der Waals surface area contributed by atoms with E-state index in [1.165, 1.54) is 0 Å². The number of pyridine rings is 1. The van der Waals surface area contributed by atoms with Gasteiger partial charge in [-0.15, -0.1) is 0 Å². The molecule has 0 bridgehead atoms. The third-order valence-corrected chi connectivity index (χ3v) is 4.40. The van der Waals surface area contributed by atoms with Crippen molar-refractivity contribution in [3.05, 3.63) is 23.5 Å². The molecule has 2 atom stereocenters. The molecule has 0 aliphatic carbocycles. The van der Waals surface area contributed by atoms with Gasteiger partial charge >= 0.3 is 0 Å². The maximum atomic E-state index is 12.9. The molecule has 22 heavy (non-hydrogen) atoms. The van der Waals surface area contributed by atoms with Crippen LogP contribution in [0, 0.1) is 0 Å². The van der Waals surface area contributed by atoms with Crippen LogP contribution in [0.1, 0.15) is 49.2 Å². The van der Waals surface area contributed by atoms with Crippen molar-refractivity contribution in [2.45, 2.75) is 51.6 Å². The quantitative estimate of drug-likeness (QED) is 0.938. The van der Waals surface area contributed by atoms with Gasteiger partial charge in [0.25, 0.3) is 11.6 Å². The zero-order chi connectivity index (χ0) is 15.7. The van der Waals surface area contributed by atoms with E-state index in [1.807, 2.05) is 24.8 Å². The normalized spacial score (nSPS) is 20.3. The van der Waals surface area contributed by atoms with Crippen LogP contribution in [-0.2, 0) is 6.42 Å². The maximum absolute atomic E-state index is 12.9. The molecule has 1 amide bonds. The molecule has 0 aromatic carbocycles. The van der Waals surface area contributed by atoms with E-state index >= 15 is 0 Å². The molecule has 0 spiro atoms. The minimum absolute atomic E-state index is 0.000321. The van der Waals surface area contributed by atoms with Crippen molar-refractivity contribution < 1.29 is 9.32 Å². The molecule has 2 aromatic heterocycles. The van der Waals surface area contributed by atoms with Gasteiger partial charge in [-0.05, 0) is 38.7 Å². The number of aromatic nitrogens is 2. The van der Waals surface area contributed by atoms with Gasteiger partial charge in [0, 0.05) is 24.8 Å². The van der Waals surface area contributed by atoms with Crippen molar-refractivity contribution in [2.24, 2.45) is 5.73 Å². The lowest BCUT2D eigenvalue weighted by atomic mass is 9.96. The number of nitrogens with zero attached hydrogens (tertiary/aromatic N) is 3. The highest BCUT2D eigenvalue weighted by atomic mass is 16.5. The first kappa shape index (κ1) is 15.0. The standard InChI is InChI=1S/C16H22N4O2/c1-3-13-12-8-11(9-18-15(12)22-19-13)16(21)20-7-5-4-6-14(20)10(2)17/h8-10,14H,3-7,17H2,1-2H3/t10-,14+/m0/s1. The third-order valence-electron chi connectivity index (χ3n) is 4.40. The molecular formula is C16H22N4O2. The summed E-state index contributed by atoms with van der Waals surface area (Å²) in [7, 11) is 0. The monoisotopic (exact) mass is 302 g/mol. The van der Waals surface area contributed by atoms with Crippen LogP contribution in [0.4, 0.5) is 0 Å². The summed E-state index contributed by atoms with van der Waals surface area (Å²) in [6, 6.07) is 1.92. The van der Waals surface area contributed by atoms with Gasteiger partial charge in [-0.25, -0.2) is 4.98 Å². The van der Waals surface area contributed by atoms with E-state index < -0.39 is 0 Å². The van der Waals surface area contributed by atoms with Gasteiger partial charge in [0.1, 0.15) is 0 Å². The summed E-state index contributed by atoms with van der Waals surface area (Å²) in [6.45, 7) is 4.73. The van der Waals surface area contributed by atoms with E-state index in [4.69, 9.17) is 10.3 Å². The Labute approximate surface area is 129 Å². The van der Waals surface area contributed by atoms with E-state index in [0.717, 1.165) is 43.3 Å². The Kier molecular flexibility index (Phi) is 4.11. The molecule has 1 fully saturated rings. The van der Waals surface area contributed by atoms with Crippen molar-refractivity contribution in [1.82, 2.24) is 15.0 Å². The van der Waals surface area contributed by atoms with E-state index in [0.29, 0.717) is 11.3 Å². The van der Waals surface area contributed by atoms with Crippen LogP contribution in [0.3, 0.4) is 0 Å². The van der Waals surface area contributed by atoms with E-state index in [2.05, 4.69) is 10.1 Å². The Hall–Kier alpha value is -1.95. The summed E-state index contributed by atoms with van der Waals surface area (Å²) < 4.78 is 5.17. The lowest BCUT2D eigenvalue weighted by Crippen LogP contribution is -2.51. The summed E-state index contributed by atoms with van der Waals surface area (Å²) >= 11 is 0. The SMILES string of the molecule is CCc1noc2ncc(C(=O)N3CCCC[C@@H]3[C@H](C)N)cc12. The Morgan fingerprint density at radius 2 is 2.36 bits per heavy atom. The fourth-order valence-corrected chi connectivity index (χ4v) is 3.17. The number of likely N-dealkylation sites (tertiary alicyclic amines) is 1. The second kappa shape index (κ2) is 6.04. The molecule has 0 radical (unpaired) electrons. The van der Waals surface area contributed by atoms with E-state index in [-0.39, 0.29) is 18.0 Å². The number of amides is 1. The topological polar surface area (TPSA) is 85.2 Å². The lowest BCUT2D eigenvalue weighted by molar-refractivity contribution is 0.0583. The smallest absolute Gasteiger partial charge is 0.257 e. The van der Waals surface area contributed by atoms with Crippen LogP contribution in [0.25, 0.3) is 11.1 Å². The Bertz CT molecular complexity index is 680. The van der Waals surface area contributed by atoms with Crippen molar-refractivity contribution in [3.8, 4) is 0 Å². The largest absolute Gasteiger partial charge is 0.336 e. The van der Waals surface area contributed by atoms with Crippen molar-refractivity contribution in [3.63, 3.8) is 0 Å². The number of aryl methyl sites for hydroxylation is 1. The summed E-state index contributed by atoms with van der Waals surface area (Å²) in [5, 5.41) is 4.81. The molecule has 2 N–H and O–H groups in total. The van der Waals surface area contributed by atoms with Crippen LogP contribution >= 0.6 is 0 Å². The molecule has 6 heteroatoms. The molecule has 0 unspecified atom stereocenters. The highest BCUT2D eigenvalue weighted by Gasteiger charge is 2.30. The van der Waals surface area contributed by atoms with Crippen molar-refractivity contribution in [2.75, 3.05) is 6.54 Å². The van der Waals surface area contributed by atoms with Gasteiger partial charge in [-0.2, -0.15) is 0 Å². The van der Waals surface area contributed by atoms with E-state index in [1.54, 1.807) is 6.20 Å². The Balaban J connectivity index is 1.93. The summed E-state index contributed by atoms with van der Waals surface area (Å²) in [5.41, 5.74) is 7.96. The van der Waals surface area contributed by atoms with Gasteiger partial charge in [-0.3, -0.25) is 4.79 Å². The fraction of sp³-hybridized carbons (Fsp3) is 0.562. The number of piperidine rings is 1. The number of carbonyl (C=O) groups excluding carboxylic acids is 1. The van der Waals surface area contributed by atoms with Crippen LogP contribution in [-0.4, -0.2) is 39.6 Å². The fourth-order valence-electron chi connectivity index (χ4n) is 3.17. The highest BCUT2D eigenvalue weighted by molar-refractivity contribution is 5.97. The molecule has 3 rings (SSSR count). The Morgan fingerprint density at radius 1 is 1.55 bits per heavy atom. The minimum atomic E-state index is -0.0252. The molecule has 6 nitrogen and oxygen atoms in total. The molecule has 1 aliphatic rings. The third kappa shape index (κ3) is 2.59. The highest BCUT2D eigenvalue weighted by Crippen LogP contribution is 2.23. The number of fused-ring (bicyclic) bond motifs is 1. The van der Waals surface area contributed by atoms with Crippen molar-refractivity contribution in [1.29, 1.82) is 0 Å². The van der Waals surface area contributed by atoms with Gasteiger partial charge in [-0.1, -0.05) is 12.1 Å². The first-order valence-electron chi connectivity index (χ1n) is 7.92. The number of nitrogens with two attached hydrogens (primary N) is 1. The zero-order valence-electron chi connectivity index (χ0n) is 13.1. The second-order valence-corrected chi connectivity index (χ2v) is 5.98. The van der Waals surface area contributed by atoms with Crippen molar-refractivity contribution >= 4 is 17.0 Å². The van der Waals surface area contributed by atoms with Gasteiger partial charge in [0.05, 0.1) is 16.6 Å². The molecule has 2 aromatic rings.